The number of thioether (sulfide) groups is 1. The van der Waals surface area contributed by atoms with E-state index < -0.39 is 0 Å². The molecule has 4 rings (SSSR count). The predicted octanol–water partition coefficient (Wildman–Crippen LogP) is 4.72. The van der Waals surface area contributed by atoms with Crippen LogP contribution in [0.1, 0.15) is 12.5 Å². The Bertz CT molecular complexity index is 1270. The van der Waals surface area contributed by atoms with Gasteiger partial charge in [0.1, 0.15) is 5.75 Å². The minimum absolute atomic E-state index is 0.158. The zero-order chi connectivity index (χ0) is 23.4. The molecule has 33 heavy (non-hydrogen) atoms. The number of carbonyl (C=O) groups is 1. The molecule has 0 spiro atoms. The highest BCUT2D eigenvalue weighted by molar-refractivity contribution is 7.99. The van der Waals surface area contributed by atoms with E-state index in [0.29, 0.717) is 34.1 Å². The van der Waals surface area contributed by atoms with Gasteiger partial charge in [-0.15, -0.1) is 10.2 Å². The van der Waals surface area contributed by atoms with E-state index in [1.54, 1.807) is 19.2 Å². The monoisotopic (exact) mass is 484 g/mol. The third-order valence-corrected chi connectivity index (χ3v) is 6.25. The van der Waals surface area contributed by atoms with Crippen LogP contribution < -0.4 is 10.1 Å². The molecule has 1 N–H and O–H groups in total. The molecule has 0 saturated heterocycles. The number of ether oxygens (including phenoxy) is 1. The number of rotatable bonds is 8. The normalized spacial score (nSPS) is 10.9. The fourth-order valence-corrected chi connectivity index (χ4v) is 4.05. The minimum atomic E-state index is -0.169. The fourth-order valence-electron chi connectivity index (χ4n) is 3.07. The summed E-state index contributed by atoms with van der Waals surface area (Å²) in [5.41, 5.74) is 2.29. The summed E-state index contributed by atoms with van der Waals surface area (Å²) in [5, 5.41) is 16.5. The van der Waals surface area contributed by atoms with Crippen LogP contribution in [0.3, 0.4) is 0 Å². The quantitative estimate of drug-likeness (QED) is 0.358. The van der Waals surface area contributed by atoms with E-state index in [4.69, 9.17) is 20.9 Å². The lowest BCUT2D eigenvalue weighted by Crippen LogP contribution is -2.15. The van der Waals surface area contributed by atoms with Gasteiger partial charge >= 0.3 is 0 Å². The SMILES string of the molecule is CCn1c(SCC(=O)Nc2cccc(Cl)c2C)nnc1-c1nc(-c2ccc(OC)cc2)no1. The molecule has 0 radical (unpaired) electrons. The second kappa shape index (κ2) is 10.1. The van der Waals surface area contributed by atoms with Crippen molar-refractivity contribution in [2.75, 3.05) is 18.2 Å². The largest absolute Gasteiger partial charge is 0.497 e. The summed E-state index contributed by atoms with van der Waals surface area (Å²) in [4.78, 5) is 16.9. The van der Waals surface area contributed by atoms with Gasteiger partial charge in [0, 0.05) is 22.8 Å². The van der Waals surface area contributed by atoms with Gasteiger partial charge in [0.15, 0.2) is 5.16 Å². The Morgan fingerprint density at radius 3 is 2.73 bits per heavy atom. The average molecular weight is 485 g/mol. The third kappa shape index (κ3) is 5.01. The van der Waals surface area contributed by atoms with Crippen molar-refractivity contribution in [3.05, 3.63) is 53.1 Å². The Balaban J connectivity index is 1.46. The van der Waals surface area contributed by atoms with Crippen molar-refractivity contribution < 1.29 is 14.1 Å². The lowest BCUT2D eigenvalue weighted by Gasteiger charge is -2.09. The molecule has 0 unspecified atom stereocenters. The van der Waals surface area contributed by atoms with E-state index in [0.717, 1.165) is 16.9 Å². The molecule has 9 nitrogen and oxygen atoms in total. The lowest BCUT2D eigenvalue weighted by atomic mass is 10.2. The average Bonchev–Trinajstić information content (AvgIpc) is 3.47. The van der Waals surface area contributed by atoms with Crippen LogP contribution in [0.5, 0.6) is 5.75 Å². The van der Waals surface area contributed by atoms with E-state index >= 15 is 0 Å². The van der Waals surface area contributed by atoms with Crippen LogP contribution in [-0.4, -0.2) is 43.7 Å². The van der Waals surface area contributed by atoms with Crippen molar-refractivity contribution in [1.29, 1.82) is 0 Å². The third-order valence-electron chi connectivity index (χ3n) is 4.87. The maximum Gasteiger partial charge on any atom is 0.296 e. The van der Waals surface area contributed by atoms with E-state index in [1.165, 1.54) is 11.8 Å². The second-order valence-corrected chi connectivity index (χ2v) is 8.30. The van der Waals surface area contributed by atoms with E-state index in [-0.39, 0.29) is 17.6 Å². The second-order valence-electron chi connectivity index (χ2n) is 6.95. The fraction of sp³-hybridized carbons (Fsp3) is 0.227. The number of hydrogen-bond donors (Lipinski definition) is 1. The van der Waals surface area contributed by atoms with Crippen LogP contribution in [0, 0.1) is 6.92 Å². The summed E-state index contributed by atoms with van der Waals surface area (Å²) in [6, 6.07) is 12.7. The van der Waals surface area contributed by atoms with Gasteiger partial charge in [0.05, 0.1) is 12.9 Å². The number of nitrogens with zero attached hydrogens (tertiary/aromatic N) is 5. The highest BCUT2D eigenvalue weighted by atomic mass is 35.5. The van der Waals surface area contributed by atoms with Gasteiger partial charge in [-0.3, -0.25) is 9.36 Å². The van der Waals surface area contributed by atoms with Gasteiger partial charge in [-0.05, 0) is 55.8 Å². The molecule has 0 bridgehead atoms. The van der Waals surface area contributed by atoms with Crippen molar-refractivity contribution >= 4 is 35.0 Å². The molecule has 2 heterocycles. The minimum Gasteiger partial charge on any atom is -0.497 e. The highest BCUT2D eigenvalue weighted by Crippen LogP contribution is 2.27. The molecule has 0 aliphatic heterocycles. The molecule has 0 atom stereocenters. The number of amides is 1. The van der Waals surface area contributed by atoms with E-state index in [2.05, 4.69) is 25.7 Å². The summed E-state index contributed by atoms with van der Waals surface area (Å²) in [6.07, 6.45) is 0. The maximum absolute atomic E-state index is 12.4. The van der Waals surface area contributed by atoms with Gasteiger partial charge in [0.2, 0.25) is 17.6 Å². The number of aromatic nitrogens is 5. The van der Waals surface area contributed by atoms with Crippen molar-refractivity contribution in [3.63, 3.8) is 0 Å². The Kier molecular flexibility index (Phi) is 6.95. The van der Waals surface area contributed by atoms with Crippen LogP contribution in [0.4, 0.5) is 5.69 Å². The number of carbonyl (C=O) groups excluding carboxylic acids is 1. The topological polar surface area (TPSA) is 108 Å². The standard InChI is InChI=1S/C22H21ClN6O3S/c1-4-29-20(21-25-19(28-32-21)14-8-10-15(31-3)11-9-14)26-27-22(29)33-12-18(30)24-17-7-5-6-16(23)13(17)2/h5-11H,4,12H2,1-3H3,(H,24,30). The summed E-state index contributed by atoms with van der Waals surface area (Å²) in [7, 11) is 1.61. The number of anilines is 1. The summed E-state index contributed by atoms with van der Waals surface area (Å²) in [6.45, 7) is 4.38. The summed E-state index contributed by atoms with van der Waals surface area (Å²) >= 11 is 7.39. The Morgan fingerprint density at radius 2 is 2.00 bits per heavy atom. The first-order valence-electron chi connectivity index (χ1n) is 10.1. The summed E-state index contributed by atoms with van der Waals surface area (Å²) in [5.74, 6) is 1.86. The van der Waals surface area contributed by atoms with Crippen LogP contribution >= 0.6 is 23.4 Å². The molecular formula is C22H21ClN6O3S. The van der Waals surface area contributed by atoms with Crippen LogP contribution in [0.15, 0.2) is 52.1 Å². The highest BCUT2D eigenvalue weighted by Gasteiger charge is 2.20. The van der Waals surface area contributed by atoms with Gasteiger partial charge in [-0.25, -0.2) is 0 Å². The number of nitrogens with one attached hydrogen (secondary N) is 1. The molecule has 2 aromatic carbocycles. The lowest BCUT2D eigenvalue weighted by molar-refractivity contribution is -0.113. The molecule has 170 valence electrons. The Hall–Kier alpha value is -3.37. The summed E-state index contributed by atoms with van der Waals surface area (Å²) < 4.78 is 12.4. The molecule has 4 aromatic rings. The van der Waals surface area contributed by atoms with E-state index in [9.17, 15) is 4.79 Å². The molecule has 11 heteroatoms. The molecular weight excluding hydrogens is 464 g/mol. The van der Waals surface area contributed by atoms with Crippen molar-refractivity contribution in [1.82, 2.24) is 24.9 Å². The number of benzene rings is 2. The van der Waals surface area contributed by atoms with Gasteiger partial charge in [-0.1, -0.05) is 34.6 Å². The van der Waals surface area contributed by atoms with Crippen molar-refractivity contribution in [2.24, 2.45) is 0 Å². The predicted molar refractivity (Wildman–Crippen MR) is 127 cm³/mol. The van der Waals surface area contributed by atoms with Crippen molar-refractivity contribution in [3.8, 4) is 28.9 Å². The van der Waals surface area contributed by atoms with Gasteiger partial charge < -0.3 is 14.6 Å². The molecule has 0 aliphatic rings. The first-order chi connectivity index (χ1) is 16.0. The molecule has 0 aliphatic carbocycles. The smallest absolute Gasteiger partial charge is 0.296 e. The Labute approximate surface area is 199 Å². The van der Waals surface area contributed by atoms with Crippen LogP contribution in [0.25, 0.3) is 23.1 Å². The zero-order valence-electron chi connectivity index (χ0n) is 18.2. The number of halogens is 1. The number of hydrogen-bond acceptors (Lipinski definition) is 8. The van der Waals surface area contributed by atoms with Crippen molar-refractivity contribution in [2.45, 2.75) is 25.5 Å². The van der Waals surface area contributed by atoms with Gasteiger partial charge in [-0.2, -0.15) is 4.98 Å². The first-order valence-corrected chi connectivity index (χ1v) is 11.5. The van der Waals surface area contributed by atoms with E-state index in [1.807, 2.05) is 48.7 Å². The first kappa shape index (κ1) is 22.8. The Morgan fingerprint density at radius 1 is 1.21 bits per heavy atom. The van der Waals surface area contributed by atoms with Crippen LogP contribution in [0.2, 0.25) is 5.02 Å². The molecule has 0 fully saturated rings. The van der Waals surface area contributed by atoms with Crippen LogP contribution in [-0.2, 0) is 11.3 Å². The zero-order valence-corrected chi connectivity index (χ0v) is 19.8. The maximum atomic E-state index is 12.4. The molecule has 0 saturated carbocycles. The van der Waals surface area contributed by atoms with Gasteiger partial charge in [0.25, 0.3) is 5.89 Å². The molecule has 1 amide bonds. The molecule has 2 aromatic heterocycles. The number of methoxy groups -OCH3 is 1.